The highest BCUT2D eigenvalue weighted by atomic mass is 32.1. The molecule has 2 atom stereocenters. The first-order valence-corrected chi connectivity index (χ1v) is 8.42. The van der Waals surface area contributed by atoms with Crippen molar-refractivity contribution in [3.05, 3.63) is 23.5 Å². The van der Waals surface area contributed by atoms with Crippen LogP contribution in [0.4, 0.5) is 0 Å². The third kappa shape index (κ3) is 2.18. The van der Waals surface area contributed by atoms with E-state index in [0.717, 1.165) is 30.5 Å². The minimum atomic E-state index is 0.309. The van der Waals surface area contributed by atoms with Crippen molar-refractivity contribution < 1.29 is 0 Å². The molecular weight excluding hydrogens is 268 g/mol. The van der Waals surface area contributed by atoms with E-state index in [9.17, 15) is 0 Å². The Morgan fingerprint density at radius 3 is 3.10 bits per heavy atom. The fourth-order valence-corrected chi connectivity index (χ4v) is 4.13. The standard InChI is InChI=1S/C15H22N4S/c1-11-7-16-15(2,12-3-4-12)10-19(11)9-13-8-18-5-6-20-14(18)17-13/h5-6,8,11-12,16H,3-4,7,9-10H2,1-2H3. The van der Waals surface area contributed by atoms with E-state index >= 15 is 0 Å². The van der Waals surface area contributed by atoms with Crippen molar-refractivity contribution in [2.75, 3.05) is 13.1 Å². The lowest BCUT2D eigenvalue weighted by Gasteiger charge is -2.45. The number of hydrogen-bond donors (Lipinski definition) is 1. The van der Waals surface area contributed by atoms with Crippen LogP contribution in [0.2, 0.25) is 0 Å². The zero-order chi connectivity index (χ0) is 13.7. The van der Waals surface area contributed by atoms with Gasteiger partial charge in [0, 0.05) is 49.0 Å². The molecule has 20 heavy (non-hydrogen) atoms. The number of rotatable bonds is 3. The summed E-state index contributed by atoms with van der Waals surface area (Å²) in [6.45, 7) is 7.92. The van der Waals surface area contributed by atoms with Gasteiger partial charge in [0.15, 0.2) is 4.96 Å². The molecule has 108 valence electrons. The summed E-state index contributed by atoms with van der Waals surface area (Å²) in [7, 11) is 0. The number of hydrogen-bond acceptors (Lipinski definition) is 4. The summed E-state index contributed by atoms with van der Waals surface area (Å²) in [6.07, 6.45) is 7.05. The fourth-order valence-electron chi connectivity index (χ4n) is 3.41. The molecule has 5 heteroatoms. The number of imidazole rings is 1. The lowest BCUT2D eigenvalue weighted by atomic mass is 9.91. The number of piperazine rings is 1. The molecule has 2 unspecified atom stereocenters. The summed E-state index contributed by atoms with van der Waals surface area (Å²) in [5.74, 6) is 0.878. The van der Waals surface area contributed by atoms with Crippen LogP contribution in [-0.2, 0) is 6.54 Å². The quantitative estimate of drug-likeness (QED) is 0.942. The molecule has 1 saturated heterocycles. The lowest BCUT2D eigenvalue weighted by Crippen LogP contribution is -2.62. The van der Waals surface area contributed by atoms with E-state index in [0.29, 0.717) is 11.6 Å². The zero-order valence-corrected chi connectivity index (χ0v) is 13.0. The maximum absolute atomic E-state index is 4.73. The van der Waals surface area contributed by atoms with Crippen LogP contribution in [0.3, 0.4) is 0 Å². The number of fused-ring (bicyclic) bond motifs is 1. The van der Waals surface area contributed by atoms with Gasteiger partial charge in [0.2, 0.25) is 0 Å². The van der Waals surface area contributed by atoms with Gasteiger partial charge in [-0.1, -0.05) is 0 Å². The minimum absolute atomic E-state index is 0.309. The van der Waals surface area contributed by atoms with Gasteiger partial charge in [-0.2, -0.15) is 0 Å². The largest absolute Gasteiger partial charge is 0.308 e. The molecule has 4 rings (SSSR count). The molecule has 1 saturated carbocycles. The minimum Gasteiger partial charge on any atom is -0.308 e. The summed E-state index contributed by atoms with van der Waals surface area (Å²) >= 11 is 1.71. The van der Waals surface area contributed by atoms with Crippen LogP contribution < -0.4 is 5.32 Å². The van der Waals surface area contributed by atoms with Crippen molar-refractivity contribution in [3.8, 4) is 0 Å². The third-order valence-corrected chi connectivity index (χ3v) is 5.71. The highest BCUT2D eigenvalue weighted by molar-refractivity contribution is 7.15. The first-order valence-electron chi connectivity index (χ1n) is 7.54. The van der Waals surface area contributed by atoms with E-state index in [4.69, 9.17) is 4.98 Å². The number of thiazole rings is 1. The Morgan fingerprint density at radius 2 is 2.35 bits per heavy atom. The Morgan fingerprint density at radius 1 is 1.50 bits per heavy atom. The van der Waals surface area contributed by atoms with Gasteiger partial charge in [-0.3, -0.25) is 9.30 Å². The van der Waals surface area contributed by atoms with E-state index < -0.39 is 0 Å². The van der Waals surface area contributed by atoms with Crippen LogP contribution in [0.25, 0.3) is 4.96 Å². The van der Waals surface area contributed by atoms with E-state index in [1.165, 1.54) is 18.5 Å². The molecule has 4 nitrogen and oxygen atoms in total. The SMILES string of the molecule is CC1CNC(C)(C2CC2)CN1Cc1cn2ccsc2n1. The second kappa shape index (κ2) is 4.55. The normalized spacial score (nSPS) is 32.0. The lowest BCUT2D eigenvalue weighted by molar-refractivity contribution is 0.0761. The second-order valence-corrected chi connectivity index (χ2v) is 7.52. The van der Waals surface area contributed by atoms with Gasteiger partial charge in [0.05, 0.1) is 5.69 Å². The third-order valence-electron chi connectivity index (χ3n) is 4.94. The summed E-state index contributed by atoms with van der Waals surface area (Å²) in [5.41, 5.74) is 1.51. The fraction of sp³-hybridized carbons (Fsp3) is 0.667. The molecular formula is C15H22N4S. The summed E-state index contributed by atoms with van der Waals surface area (Å²) in [4.78, 5) is 8.43. The van der Waals surface area contributed by atoms with E-state index in [-0.39, 0.29) is 0 Å². The van der Waals surface area contributed by atoms with Crippen LogP contribution in [-0.4, -0.2) is 39.0 Å². The van der Waals surface area contributed by atoms with E-state index in [1.54, 1.807) is 11.3 Å². The van der Waals surface area contributed by atoms with Crippen molar-refractivity contribution >= 4 is 16.3 Å². The Bertz CT molecular complexity index is 586. The maximum Gasteiger partial charge on any atom is 0.193 e. The number of nitrogens with one attached hydrogen (secondary N) is 1. The van der Waals surface area contributed by atoms with Gasteiger partial charge in [-0.05, 0) is 32.6 Å². The average Bonchev–Trinajstić information content (AvgIpc) is 3.08. The van der Waals surface area contributed by atoms with Crippen LogP contribution in [0.1, 0.15) is 32.4 Å². The van der Waals surface area contributed by atoms with Crippen molar-refractivity contribution in [3.63, 3.8) is 0 Å². The molecule has 1 aliphatic heterocycles. The molecule has 2 aromatic rings. The van der Waals surface area contributed by atoms with Crippen LogP contribution >= 0.6 is 11.3 Å². The van der Waals surface area contributed by atoms with Crippen molar-refractivity contribution in [1.82, 2.24) is 19.6 Å². The highest BCUT2D eigenvalue weighted by Crippen LogP contribution is 2.41. The van der Waals surface area contributed by atoms with Gasteiger partial charge >= 0.3 is 0 Å². The molecule has 3 heterocycles. The molecule has 0 bridgehead atoms. The first kappa shape index (κ1) is 12.8. The molecule has 2 aliphatic rings. The Balaban J connectivity index is 1.52. The predicted octanol–water partition coefficient (Wildman–Crippen LogP) is 2.36. The molecule has 0 radical (unpaired) electrons. The second-order valence-electron chi connectivity index (χ2n) is 6.65. The van der Waals surface area contributed by atoms with Gasteiger partial charge in [-0.15, -0.1) is 11.3 Å². The van der Waals surface area contributed by atoms with Gasteiger partial charge < -0.3 is 5.32 Å². The maximum atomic E-state index is 4.73. The monoisotopic (exact) mass is 290 g/mol. The van der Waals surface area contributed by atoms with Gasteiger partial charge in [0.25, 0.3) is 0 Å². The van der Waals surface area contributed by atoms with Gasteiger partial charge in [-0.25, -0.2) is 4.98 Å². The molecule has 2 fully saturated rings. The number of nitrogens with zero attached hydrogens (tertiary/aromatic N) is 3. The van der Waals surface area contributed by atoms with Crippen LogP contribution in [0.15, 0.2) is 17.8 Å². The van der Waals surface area contributed by atoms with Gasteiger partial charge in [0.1, 0.15) is 0 Å². The summed E-state index contributed by atoms with van der Waals surface area (Å²) in [5, 5.41) is 5.87. The smallest absolute Gasteiger partial charge is 0.193 e. The number of aromatic nitrogens is 2. The molecule has 2 aromatic heterocycles. The van der Waals surface area contributed by atoms with Crippen molar-refractivity contribution in [2.24, 2.45) is 5.92 Å². The topological polar surface area (TPSA) is 32.6 Å². The molecule has 0 spiro atoms. The Hall–Kier alpha value is -0.910. The predicted molar refractivity (Wildman–Crippen MR) is 82.1 cm³/mol. The molecule has 0 aromatic carbocycles. The summed E-state index contributed by atoms with van der Waals surface area (Å²) < 4.78 is 2.13. The molecule has 1 aliphatic carbocycles. The van der Waals surface area contributed by atoms with E-state index in [1.807, 2.05) is 0 Å². The van der Waals surface area contributed by atoms with E-state index in [2.05, 4.69) is 46.2 Å². The average molecular weight is 290 g/mol. The Kier molecular flexibility index (Phi) is 2.91. The first-order chi connectivity index (χ1) is 9.64. The molecule has 0 amide bonds. The molecule has 1 N–H and O–H groups in total. The highest BCUT2D eigenvalue weighted by Gasteiger charge is 2.45. The van der Waals surface area contributed by atoms with Crippen LogP contribution in [0, 0.1) is 5.92 Å². The van der Waals surface area contributed by atoms with Crippen LogP contribution in [0.5, 0.6) is 0 Å². The Labute approximate surface area is 123 Å². The van der Waals surface area contributed by atoms with Crippen molar-refractivity contribution in [1.29, 1.82) is 0 Å². The van der Waals surface area contributed by atoms with Crippen molar-refractivity contribution in [2.45, 2.75) is 44.8 Å². The summed E-state index contributed by atoms with van der Waals surface area (Å²) in [6, 6.07) is 0.585. The zero-order valence-electron chi connectivity index (χ0n) is 12.2.